The lowest BCUT2D eigenvalue weighted by atomic mass is 10.0. The van der Waals surface area contributed by atoms with Gasteiger partial charge in [-0.05, 0) is 56.0 Å². The fraction of sp³-hybridized carbons (Fsp3) is 0.370. The van der Waals surface area contributed by atoms with Crippen LogP contribution >= 0.6 is 34.5 Å². The summed E-state index contributed by atoms with van der Waals surface area (Å²) in [7, 11) is 0. The molecule has 190 valence electrons. The zero-order valence-electron chi connectivity index (χ0n) is 19.9. The second-order valence-corrected chi connectivity index (χ2v) is 12.0. The van der Waals surface area contributed by atoms with Crippen molar-refractivity contribution in [3.63, 3.8) is 0 Å². The van der Waals surface area contributed by atoms with Gasteiger partial charge in [0.25, 0.3) is 0 Å². The number of fused-ring (bicyclic) bond motifs is 3. The molecular formula is C27H24Cl2N4O3S. The highest BCUT2D eigenvalue weighted by atomic mass is 35.5. The summed E-state index contributed by atoms with van der Waals surface area (Å²) in [5.41, 5.74) is 3.75. The van der Waals surface area contributed by atoms with E-state index in [-0.39, 0.29) is 0 Å². The van der Waals surface area contributed by atoms with E-state index >= 15 is 0 Å². The average molecular weight is 555 g/mol. The van der Waals surface area contributed by atoms with Crippen molar-refractivity contribution < 1.29 is 14.4 Å². The normalized spacial score (nSPS) is 21.7. The molecule has 37 heavy (non-hydrogen) atoms. The first kappa shape index (κ1) is 23.5. The molecule has 2 saturated heterocycles. The van der Waals surface area contributed by atoms with Crippen molar-refractivity contribution in [2.75, 3.05) is 18.0 Å². The van der Waals surface area contributed by atoms with Gasteiger partial charge in [0, 0.05) is 48.8 Å². The van der Waals surface area contributed by atoms with Gasteiger partial charge in [0.2, 0.25) is 0 Å². The lowest BCUT2D eigenvalue weighted by Gasteiger charge is -2.41. The monoisotopic (exact) mass is 554 g/mol. The molecule has 2 aliphatic heterocycles. The minimum Gasteiger partial charge on any atom is -0.478 e. The van der Waals surface area contributed by atoms with E-state index in [0.717, 1.165) is 83.2 Å². The summed E-state index contributed by atoms with van der Waals surface area (Å²) in [5, 5.41) is 16.0. The molecule has 2 bridgehead atoms. The maximum Gasteiger partial charge on any atom is 0.335 e. The molecule has 2 unspecified atom stereocenters. The fourth-order valence-corrected chi connectivity index (χ4v) is 7.60. The van der Waals surface area contributed by atoms with Crippen molar-refractivity contribution in [3.8, 4) is 11.3 Å². The Labute approximate surface area is 227 Å². The number of rotatable bonds is 6. The number of likely N-dealkylation sites (tertiary alicyclic amines) is 1. The largest absolute Gasteiger partial charge is 0.478 e. The van der Waals surface area contributed by atoms with Crippen molar-refractivity contribution >= 4 is 55.9 Å². The molecule has 1 aliphatic carbocycles. The fourth-order valence-electron chi connectivity index (χ4n) is 5.87. The molecule has 0 amide bonds. The summed E-state index contributed by atoms with van der Waals surface area (Å²) in [6.45, 7) is 2.57. The summed E-state index contributed by atoms with van der Waals surface area (Å²) in [5.74, 6) is 0.484. The highest BCUT2D eigenvalue weighted by Gasteiger charge is 2.42. The number of carboxylic acid groups (broad SMARTS) is 1. The molecular weight excluding hydrogens is 531 g/mol. The standard InChI is InChI=1S/C27H24Cl2N4O3S/c28-19-2-1-3-20(29)23(19)24-18(25(36-31-24)14-4-5-14)13-32-11-16-7-8-17(12-32)33(16)27-30-21-9-6-15(26(34)35)10-22(21)37-27/h1-3,6,9-10,14,16-17H,4-5,7-8,11-13H2,(H,34,35). The smallest absolute Gasteiger partial charge is 0.335 e. The third-order valence-corrected chi connectivity index (χ3v) is 9.41. The number of piperazine rings is 1. The predicted molar refractivity (Wildman–Crippen MR) is 145 cm³/mol. The van der Waals surface area contributed by atoms with E-state index in [1.807, 2.05) is 24.3 Å². The number of halogens is 2. The van der Waals surface area contributed by atoms with Crippen molar-refractivity contribution in [2.24, 2.45) is 0 Å². The van der Waals surface area contributed by atoms with Gasteiger partial charge in [-0.1, -0.05) is 45.8 Å². The zero-order valence-corrected chi connectivity index (χ0v) is 22.2. The number of anilines is 1. The van der Waals surface area contributed by atoms with E-state index in [0.29, 0.717) is 33.6 Å². The van der Waals surface area contributed by atoms with Gasteiger partial charge in [-0.15, -0.1) is 0 Å². The Bertz CT molecular complexity index is 1500. The van der Waals surface area contributed by atoms with E-state index in [4.69, 9.17) is 32.7 Å². The van der Waals surface area contributed by atoms with Gasteiger partial charge >= 0.3 is 5.97 Å². The molecule has 7 rings (SSSR count). The van der Waals surface area contributed by atoms with Crippen LogP contribution < -0.4 is 4.90 Å². The van der Waals surface area contributed by atoms with Crippen LogP contribution in [0.15, 0.2) is 40.9 Å². The number of benzene rings is 2. The summed E-state index contributed by atoms with van der Waals surface area (Å²) in [6, 6.07) is 11.4. The maximum absolute atomic E-state index is 11.4. The molecule has 10 heteroatoms. The number of aromatic carboxylic acids is 1. The van der Waals surface area contributed by atoms with Gasteiger partial charge < -0.3 is 14.5 Å². The van der Waals surface area contributed by atoms with E-state index in [1.54, 1.807) is 23.5 Å². The molecule has 1 N–H and O–H groups in total. The minimum atomic E-state index is -0.915. The Kier molecular flexibility index (Phi) is 5.69. The van der Waals surface area contributed by atoms with Crippen molar-refractivity contribution in [2.45, 2.75) is 50.2 Å². The number of thiazole rings is 1. The van der Waals surface area contributed by atoms with Gasteiger partial charge in [-0.2, -0.15) is 0 Å². The van der Waals surface area contributed by atoms with Crippen LogP contribution in [0.2, 0.25) is 10.0 Å². The van der Waals surface area contributed by atoms with Gasteiger partial charge in [-0.25, -0.2) is 9.78 Å². The van der Waals surface area contributed by atoms with Crippen LogP contribution in [0.5, 0.6) is 0 Å². The van der Waals surface area contributed by atoms with E-state index in [2.05, 4.69) is 15.0 Å². The summed E-state index contributed by atoms with van der Waals surface area (Å²) >= 11 is 14.7. The van der Waals surface area contributed by atoms with Crippen LogP contribution in [0.25, 0.3) is 21.5 Å². The van der Waals surface area contributed by atoms with Gasteiger partial charge in [0.05, 0.1) is 25.8 Å². The molecule has 7 nitrogen and oxygen atoms in total. The second-order valence-electron chi connectivity index (χ2n) is 10.2. The lowest BCUT2D eigenvalue weighted by molar-refractivity contribution is 0.0697. The first-order valence-corrected chi connectivity index (χ1v) is 14.1. The number of hydrogen-bond donors (Lipinski definition) is 1. The van der Waals surface area contributed by atoms with E-state index in [1.165, 1.54) is 0 Å². The molecule has 4 aromatic rings. The summed E-state index contributed by atoms with van der Waals surface area (Å²) < 4.78 is 6.80. The topological polar surface area (TPSA) is 82.7 Å². The van der Waals surface area contributed by atoms with Gasteiger partial charge in [0.15, 0.2) is 5.13 Å². The highest BCUT2D eigenvalue weighted by molar-refractivity contribution is 7.22. The first-order chi connectivity index (χ1) is 18.0. The molecule has 2 atom stereocenters. The van der Waals surface area contributed by atoms with E-state index < -0.39 is 5.97 Å². The Morgan fingerprint density at radius 2 is 1.81 bits per heavy atom. The molecule has 4 heterocycles. The van der Waals surface area contributed by atoms with Crippen molar-refractivity contribution in [1.29, 1.82) is 0 Å². The molecule has 1 saturated carbocycles. The van der Waals surface area contributed by atoms with Gasteiger partial charge in [-0.3, -0.25) is 4.90 Å². The molecule has 3 aliphatic rings. The Morgan fingerprint density at radius 1 is 1.08 bits per heavy atom. The van der Waals surface area contributed by atoms with Crippen LogP contribution in [-0.4, -0.2) is 51.3 Å². The molecule has 3 fully saturated rings. The first-order valence-electron chi connectivity index (χ1n) is 12.5. The molecule has 0 spiro atoms. The third kappa shape index (κ3) is 4.11. The predicted octanol–water partition coefficient (Wildman–Crippen LogP) is 6.69. The maximum atomic E-state index is 11.4. The van der Waals surface area contributed by atoms with E-state index in [9.17, 15) is 9.90 Å². The number of aromatic nitrogens is 2. The summed E-state index contributed by atoms with van der Waals surface area (Å²) in [4.78, 5) is 21.2. The Morgan fingerprint density at radius 3 is 2.49 bits per heavy atom. The number of hydrogen-bond acceptors (Lipinski definition) is 7. The number of carbonyl (C=O) groups is 1. The SMILES string of the molecule is O=C(O)c1ccc2nc(N3C4CCC3CN(Cc3c(-c5c(Cl)cccc5Cl)noc3C3CC3)C4)sc2c1. The summed E-state index contributed by atoms with van der Waals surface area (Å²) in [6.07, 6.45) is 4.47. The van der Waals surface area contributed by atoms with Crippen LogP contribution in [0.3, 0.4) is 0 Å². The van der Waals surface area contributed by atoms with Crippen LogP contribution in [0, 0.1) is 0 Å². The number of nitrogens with zero attached hydrogens (tertiary/aromatic N) is 4. The van der Waals surface area contributed by atoms with Crippen LogP contribution in [-0.2, 0) is 6.54 Å². The zero-order chi connectivity index (χ0) is 25.3. The molecule has 2 aromatic carbocycles. The molecule has 0 radical (unpaired) electrons. The Balaban J connectivity index is 1.16. The highest BCUT2D eigenvalue weighted by Crippen LogP contribution is 2.47. The average Bonchev–Trinajstić information content (AvgIpc) is 3.41. The van der Waals surface area contributed by atoms with Crippen molar-refractivity contribution in [1.82, 2.24) is 15.0 Å². The second kappa shape index (κ2) is 8.98. The minimum absolute atomic E-state index is 0.296. The van der Waals surface area contributed by atoms with Crippen molar-refractivity contribution in [3.05, 3.63) is 63.3 Å². The van der Waals surface area contributed by atoms with Gasteiger partial charge in [0.1, 0.15) is 11.5 Å². The molecule has 2 aromatic heterocycles. The van der Waals surface area contributed by atoms with Crippen LogP contribution in [0.4, 0.5) is 5.13 Å². The Hall–Kier alpha value is -2.65. The van der Waals surface area contributed by atoms with Crippen LogP contribution in [0.1, 0.15) is 53.3 Å². The quantitative estimate of drug-likeness (QED) is 0.284. The number of carboxylic acids is 1. The third-order valence-electron chi connectivity index (χ3n) is 7.75. The lowest BCUT2D eigenvalue weighted by Crippen LogP contribution is -2.53.